The van der Waals surface area contributed by atoms with E-state index in [4.69, 9.17) is 0 Å². The van der Waals surface area contributed by atoms with E-state index in [0.717, 1.165) is 0 Å². The second-order valence-electron chi connectivity index (χ2n) is 2.54. The Bertz CT molecular complexity index is 229. The van der Waals surface area contributed by atoms with Gasteiger partial charge in [0, 0.05) is 16.0 Å². The van der Waals surface area contributed by atoms with Crippen molar-refractivity contribution < 1.29 is 13.2 Å². The summed E-state index contributed by atoms with van der Waals surface area (Å²) in [5, 5.41) is 0. The Balaban J connectivity index is 3.60. The van der Waals surface area contributed by atoms with Crippen LogP contribution in [-0.4, -0.2) is 0 Å². The monoisotopic (exact) mass is 192 g/mol. The van der Waals surface area contributed by atoms with Crippen LogP contribution in [0.2, 0.25) is 0 Å². The highest BCUT2D eigenvalue weighted by atomic mass is 32.1. The van der Waals surface area contributed by atoms with Gasteiger partial charge in [-0.25, -0.2) is 13.2 Å². The highest BCUT2D eigenvalue weighted by Crippen LogP contribution is 2.26. The van der Waals surface area contributed by atoms with Gasteiger partial charge in [-0.3, -0.25) is 0 Å². The lowest BCUT2D eigenvalue weighted by molar-refractivity contribution is 0.470. The molecule has 0 saturated heterocycles. The molecular formula is C8H7F3S. The van der Waals surface area contributed by atoms with E-state index in [1.807, 2.05) is 0 Å². The third-order valence-electron chi connectivity index (χ3n) is 1.74. The number of hydrogen-bond acceptors (Lipinski definition) is 1. The minimum Gasteiger partial charge on any atom is -0.205 e. The predicted molar refractivity (Wildman–Crippen MR) is 43.0 cm³/mol. The molecule has 1 rings (SSSR count). The summed E-state index contributed by atoms with van der Waals surface area (Å²) >= 11 is 3.72. The van der Waals surface area contributed by atoms with Crippen molar-refractivity contribution in [3.05, 3.63) is 28.6 Å². The van der Waals surface area contributed by atoms with Crippen molar-refractivity contribution in [2.24, 2.45) is 0 Å². The van der Waals surface area contributed by atoms with Crippen LogP contribution in [0.3, 0.4) is 0 Å². The molecule has 0 saturated carbocycles. The number of benzene rings is 1. The molecule has 0 aliphatic heterocycles. The zero-order chi connectivity index (χ0) is 9.46. The van der Waals surface area contributed by atoms with Crippen molar-refractivity contribution in [3.63, 3.8) is 0 Å². The van der Waals surface area contributed by atoms with Crippen molar-refractivity contribution in [2.45, 2.75) is 18.7 Å². The van der Waals surface area contributed by atoms with Gasteiger partial charge in [0.05, 0.1) is 0 Å². The average Bonchev–Trinajstić information content (AvgIpc) is 2.08. The molecule has 0 bridgehead atoms. The van der Waals surface area contributed by atoms with Gasteiger partial charge in [0.2, 0.25) is 0 Å². The molecule has 0 radical (unpaired) electrons. The van der Waals surface area contributed by atoms with E-state index in [1.165, 1.54) is 13.8 Å². The largest absolute Gasteiger partial charge is 0.205 e. The van der Waals surface area contributed by atoms with E-state index < -0.39 is 17.5 Å². The molecule has 0 aromatic heterocycles. The van der Waals surface area contributed by atoms with Crippen LogP contribution in [0.1, 0.15) is 11.1 Å². The molecule has 1 aromatic carbocycles. The predicted octanol–water partition coefficient (Wildman–Crippen LogP) is 3.01. The van der Waals surface area contributed by atoms with Crippen LogP contribution in [0, 0.1) is 31.3 Å². The first kappa shape index (κ1) is 9.45. The van der Waals surface area contributed by atoms with E-state index in [9.17, 15) is 13.2 Å². The minimum absolute atomic E-state index is 0.0982. The lowest BCUT2D eigenvalue weighted by Crippen LogP contribution is -1.99. The summed E-state index contributed by atoms with van der Waals surface area (Å²) in [7, 11) is 0. The van der Waals surface area contributed by atoms with Crippen LogP contribution in [0.15, 0.2) is 4.90 Å². The number of halogens is 3. The molecule has 0 amide bonds. The molecule has 12 heavy (non-hydrogen) atoms. The maximum atomic E-state index is 12.9. The van der Waals surface area contributed by atoms with Gasteiger partial charge in [0.25, 0.3) is 0 Å². The zero-order valence-electron chi connectivity index (χ0n) is 6.58. The fraction of sp³-hybridized carbons (Fsp3) is 0.250. The van der Waals surface area contributed by atoms with Crippen molar-refractivity contribution in [1.82, 2.24) is 0 Å². The molecule has 0 atom stereocenters. The summed E-state index contributed by atoms with van der Waals surface area (Å²) in [5.74, 6) is -2.96. The van der Waals surface area contributed by atoms with E-state index in [2.05, 4.69) is 12.6 Å². The van der Waals surface area contributed by atoms with Gasteiger partial charge in [-0.15, -0.1) is 12.6 Å². The Labute approximate surface area is 73.8 Å². The molecule has 0 fully saturated rings. The van der Waals surface area contributed by atoms with E-state index in [1.54, 1.807) is 0 Å². The van der Waals surface area contributed by atoms with Gasteiger partial charge in [-0.1, -0.05) is 0 Å². The maximum absolute atomic E-state index is 12.9. The molecule has 0 spiro atoms. The fourth-order valence-corrected chi connectivity index (χ4v) is 1.14. The van der Waals surface area contributed by atoms with Crippen molar-refractivity contribution in [2.75, 3.05) is 0 Å². The minimum atomic E-state index is -1.14. The van der Waals surface area contributed by atoms with Gasteiger partial charge in [0.15, 0.2) is 11.6 Å². The van der Waals surface area contributed by atoms with E-state index >= 15 is 0 Å². The molecule has 0 aliphatic carbocycles. The third kappa shape index (κ3) is 1.20. The lowest BCUT2D eigenvalue weighted by Gasteiger charge is -2.06. The Morgan fingerprint density at radius 1 is 0.833 bits per heavy atom. The first-order valence-electron chi connectivity index (χ1n) is 3.29. The highest BCUT2D eigenvalue weighted by Gasteiger charge is 2.17. The first-order chi connectivity index (χ1) is 5.46. The lowest BCUT2D eigenvalue weighted by atomic mass is 10.1. The van der Waals surface area contributed by atoms with Gasteiger partial charge >= 0.3 is 0 Å². The Morgan fingerprint density at radius 2 is 1.25 bits per heavy atom. The summed E-state index contributed by atoms with van der Waals surface area (Å²) in [5.41, 5.74) is -0.429. The molecule has 0 heterocycles. The first-order valence-corrected chi connectivity index (χ1v) is 3.74. The molecule has 0 aliphatic rings. The van der Waals surface area contributed by atoms with E-state index in [-0.39, 0.29) is 16.0 Å². The van der Waals surface area contributed by atoms with Crippen LogP contribution in [-0.2, 0) is 0 Å². The third-order valence-corrected chi connectivity index (χ3v) is 2.28. The molecule has 0 nitrogen and oxygen atoms in total. The van der Waals surface area contributed by atoms with Crippen molar-refractivity contribution in [3.8, 4) is 0 Å². The zero-order valence-corrected chi connectivity index (χ0v) is 7.48. The quantitative estimate of drug-likeness (QED) is 0.474. The molecule has 0 N–H and O–H groups in total. The molecule has 4 heteroatoms. The summed E-state index contributed by atoms with van der Waals surface area (Å²) in [6, 6.07) is 0. The van der Waals surface area contributed by atoms with Crippen LogP contribution in [0.25, 0.3) is 0 Å². The Hall–Kier alpha value is -0.640. The van der Waals surface area contributed by atoms with Crippen molar-refractivity contribution in [1.29, 1.82) is 0 Å². The van der Waals surface area contributed by atoms with Gasteiger partial charge in [0.1, 0.15) is 5.82 Å². The average molecular weight is 192 g/mol. The summed E-state index contributed by atoms with van der Waals surface area (Å²) in [6.45, 7) is 2.45. The normalized spacial score (nSPS) is 10.5. The molecule has 66 valence electrons. The van der Waals surface area contributed by atoms with Gasteiger partial charge in [-0.05, 0) is 13.8 Å². The van der Waals surface area contributed by atoms with E-state index in [0.29, 0.717) is 0 Å². The van der Waals surface area contributed by atoms with Gasteiger partial charge in [-0.2, -0.15) is 0 Å². The molecular weight excluding hydrogens is 185 g/mol. The number of hydrogen-bond donors (Lipinski definition) is 1. The van der Waals surface area contributed by atoms with Crippen LogP contribution >= 0.6 is 12.6 Å². The SMILES string of the molecule is Cc1c(F)c(F)c(C)c(S)c1F. The second-order valence-corrected chi connectivity index (χ2v) is 2.99. The molecule has 1 aromatic rings. The van der Waals surface area contributed by atoms with Crippen LogP contribution in [0.5, 0.6) is 0 Å². The summed E-state index contributed by atoms with van der Waals surface area (Å²) in [4.78, 5) is -0.133. The topological polar surface area (TPSA) is 0 Å². The summed E-state index contributed by atoms with van der Waals surface area (Å²) in [6.07, 6.45) is 0. The van der Waals surface area contributed by atoms with Crippen molar-refractivity contribution >= 4 is 12.6 Å². The second kappa shape index (κ2) is 3.01. The smallest absolute Gasteiger partial charge is 0.165 e. The van der Waals surface area contributed by atoms with Gasteiger partial charge < -0.3 is 0 Å². The highest BCUT2D eigenvalue weighted by molar-refractivity contribution is 7.80. The number of thiol groups is 1. The standard InChI is InChI=1S/C8H7F3S/c1-3-5(9)6(10)4(2)8(12)7(3)11/h12H,1-2H3. The molecule has 0 unspecified atom stereocenters. The fourth-order valence-electron chi connectivity index (χ4n) is 0.872. The Kier molecular flexibility index (Phi) is 2.37. The summed E-state index contributed by atoms with van der Waals surface area (Å²) < 4.78 is 38.6. The Morgan fingerprint density at radius 3 is 1.75 bits per heavy atom. The van der Waals surface area contributed by atoms with Crippen LogP contribution in [0.4, 0.5) is 13.2 Å². The number of rotatable bonds is 0. The maximum Gasteiger partial charge on any atom is 0.165 e. The van der Waals surface area contributed by atoms with Crippen LogP contribution < -0.4 is 0 Å².